The SMILES string of the molecule is O=Cc1coc(Cc2ccccc2Br)n1. The van der Waals surface area contributed by atoms with Crippen LogP contribution in [-0.2, 0) is 6.42 Å². The molecule has 1 aromatic carbocycles. The monoisotopic (exact) mass is 265 g/mol. The van der Waals surface area contributed by atoms with Crippen LogP contribution < -0.4 is 0 Å². The Kier molecular flexibility index (Phi) is 2.97. The summed E-state index contributed by atoms with van der Waals surface area (Å²) in [5.74, 6) is 0.545. The first-order valence-corrected chi connectivity index (χ1v) is 5.22. The number of aldehydes is 1. The molecule has 3 nitrogen and oxygen atoms in total. The van der Waals surface area contributed by atoms with Gasteiger partial charge in [-0.1, -0.05) is 34.1 Å². The Morgan fingerprint density at radius 2 is 2.20 bits per heavy atom. The lowest BCUT2D eigenvalue weighted by Gasteiger charge is -1.99. The molecule has 0 spiro atoms. The first kappa shape index (κ1) is 10.1. The predicted octanol–water partition coefficient (Wildman–Crippen LogP) is 2.84. The van der Waals surface area contributed by atoms with Crippen molar-refractivity contribution in [1.29, 1.82) is 0 Å². The van der Waals surface area contributed by atoms with Crippen LogP contribution in [0.25, 0.3) is 0 Å². The van der Waals surface area contributed by atoms with E-state index >= 15 is 0 Å². The van der Waals surface area contributed by atoms with Crippen LogP contribution in [0.2, 0.25) is 0 Å². The number of hydrogen-bond donors (Lipinski definition) is 0. The maximum atomic E-state index is 10.4. The average molecular weight is 266 g/mol. The van der Waals surface area contributed by atoms with Crippen molar-refractivity contribution in [2.45, 2.75) is 6.42 Å². The van der Waals surface area contributed by atoms with Crippen molar-refractivity contribution in [3.63, 3.8) is 0 Å². The van der Waals surface area contributed by atoms with Crippen molar-refractivity contribution in [2.75, 3.05) is 0 Å². The molecule has 2 rings (SSSR count). The highest BCUT2D eigenvalue weighted by Crippen LogP contribution is 2.18. The minimum Gasteiger partial charge on any atom is -0.448 e. The van der Waals surface area contributed by atoms with E-state index in [0.29, 0.717) is 24.3 Å². The minimum absolute atomic E-state index is 0.331. The Morgan fingerprint density at radius 1 is 1.40 bits per heavy atom. The normalized spacial score (nSPS) is 10.2. The van der Waals surface area contributed by atoms with Gasteiger partial charge in [-0.05, 0) is 11.6 Å². The van der Waals surface area contributed by atoms with Gasteiger partial charge in [-0.3, -0.25) is 4.79 Å². The van der Waals surface area contributed by atoms with Gasteiger partial charge in [-0.2, -0.15) is 0 Å². The van der Waals surface area contributed by atoms with E-state index in [1.54, 1.807) is 0 Å². The molecule has 0 aliphatic rings. The summed E-state index contributed by atoms with van der Waals surface area (Å²) in [6.45, 7) is 0. The van der Waals surface area contributed by atoms with Gasteiger partial charge in [0.2, 0.25) is 0 Å². The van der Waals surface area contributed by atoms with Gasteiger partial charge in [0.15, 0.2) is 12.2 Å². The Morgan fingerprint density at radius 3 is 2.87 bits per heavy atom. The number of halogens is 1. The fraction of sp³-hybridized carbons (Fsp3) is 0.0909. The van der Waals surface area contributed by atoms with Gasteiger partial charge in [0.1, 0.15) is 12.0 Å². The molecule has 0 unspecified atom stereocenters. The van der Waals surface area contributed by atoms with Crippen LogP contribution in [0.5, 0.6) is 0 Å². The van der Waals surface area contributed by atoms with Gasteiger partial charge < -0.3 is 4.42 Å². The van der Waals surface area contributed by atoms with Crippen LogP contribution >= 0.6 is 15.9 Å². The molecule has 0 N–H and O–H groups in total. The predicted molar refractivity (Wildman–Crippen MR) is 58.8 cm³/mol. The van der Waals surface area contributed by atoms with E-state index in [-0.39, 0.29) is 0 Å². The second-order valence-electron chi connectivity index (χ2n) is 3.05. The molecule has 1 aromatic heterocycles. The third-order valence-corrected chi connectivity index (χ3v) is 2.76. The summed E-state index contributed by atoms with van der Waals surface area (Å²) in [4.78, 5) is 14.4. The van der Waals surface area contributed by atoms with Crippen molar-refractivity contribution >= 4 is 22.2 Å². The van der Waals surface area contributed by atoms with Gasteiger partial charge in [0, 0.05) is 4.47 Å². The van der Waals surface area contributed by atoms with Crippen LogP contribution in [0.1, 0.15) is 21.9 Å². The van der Waals surface area contributed by atoms with Crippen molar-refractivity contribution in [2.24, 2.45) is 0 Å². The molecule has 0 atom stereocenters. The molecule has 76 valence electrons. The second-order valence-corrected chi connectivity index (χ2v) is 3.91. The Hall–Kier alpha value is -1.42. The van der Waals surface area contributed by atoms with Gasteiger partial charge in [-0.25, -0.2) is 4.98 Å². The first-order chi connectivity index (χ1) is 7.29. The van der Waals surface area contributed by atoms with Gasteiger partial charge >= 0.3 is 0 Å². The molecule has 2 aromatic rings. The maximum absolute atomic E-state index is 10.4. The lowest BCUT2D eigenvalue weighted by Crippen LogP contribution is -1.90. The van der Waals surface area contributed by atoms with Crippen molar-refractivity contribution in [1.82, 2.24) is 4.98 Å². The lowest BCUT2D eigenvalue weighted by atomic mass is 10.1. The van der Waals surface area contributed by atoms with Gasteiger partial charge in [0.05, 0.1) is 6.42 Å². The van der Waals surface area contributed by atoms with Crippen LogP contribution in [0, 0.1) is 0 Å². The van der Waals surface area contributed by atoms with Gasteiger partial charge in [-0.15, -0.1) is 0 Å². The zero-order valence-electron chi connectivity index (χ0n) is 7.81. The number of benzene rings is 1. The zero-order valence-corrected chi connectivity index (χ0v) is 9.40. The minimum atomic E-state index is 0.331. The highest BCUT2D eigenvalue weighted by Gasteiger charge is 2.06. The van der Waals surface area contributed by atoms with Crippen molar-refractivity contribution in [3.8, 4) is 0 Å². The highest BCUT2D eigenvalue weighted by molar-refractivity contribution is 9.10. The molecule has 0 saturated heterocycles. The molecule has 0 aliphatic heterocycles. The molecule has 0 saturated carbocycles. The summed E-state index contributed by atoms with van der Waals surface area (Å²) in [6, 6.07) is 7.83. The standard InChI is InChI=1S/C11H8BrNO2/c12-10-4-2-1-3-8(10)5-11-13-9(6-14)7-15-11/h1-4,6-7H,5H2. The van der Waals surface area contributed by atoms with Crippen LogP contribution in [0.15, 0.2) is 39.4 Å². The van der Waals surface area contributed by atoms with Crippen LogP contribution in [0.4, 0.5) is 0 Å². The Bertz CT molecular complexity index is 479. The van der Waals surface area contributed by atoms with Crippen LogP contribution in [0.3, 0.4) is 0 Å². The number of carbonyl (C=O) groups excluding carboxylic acids is 1. The summed E-state index contributed by atoms with van der Waals surface area (Å²) in [5.41, 5.74) is 1.41. The molecule has 0 radical (unpaired) electrons. The average Bonchev–Trinajstić information content (AvgIpc) is 2.69. The van der Waals surface area contributed by atoms with E-state index < -0.39 is 0 Å². The quantitative estimate of drug-likeness (QED) is 0.802. The molecule has 0 bridgehead atoms. The van der Waals surface area contributed by atoms with Crippen molar-refractivity contribution in [3.05, 3.63) is 52.1 Å². The number of nitrogens with zero attached hydrogens (tertiary/aromatic N) is 1. The van der Waals surface area contributed by atoms with Crippen molar-refractivity contribution < 1.29 is 9.21 Å². The molecule has 15 heavy (non-hydrogen) atoms. The molecule has 4 heteroatoms. The molecule has 0 aliphatic carbocycles. The summed E-state index contributed by atoms with van der Waals surface area (Å²) in [7, 11) is 0. The lowest BCUT2D eigenvalue weighted by molar-refractivity contribution is 0.111. The third kappa shape index (κ3) is 2.33. The summed E-state index contributed by atoms with van der Waals surface area (Å²) >= 11 is 3.44. The molecule has 0 fully saturated rings. The number of hydrogen-bond acceptors (Lipinski definition) is 3. The molecular weight excluding hydrogens is 258 g/mol. The smallest absolute Gasteiger partial charge is 0.199 e. The third-order valence-electron chi connectivity index (χ3n) is 1.99. The number of oxazole rings is 1. The summed E-state index contributed by atoms with van der Waals surface area (Å²) in [5, 5.41) is 0. The Labute approximate surface area is 95.3 Å². The maximum Gasteiger partial charge on any atom is 0.199 e. The number of carbonyl (C=O) groups is 1. The Balaban J connectivity index is 2.22. The first-order valence-electron chi connectivity index (χ1n) is 4.42. The summed E-state index contributed by atoms with van der Waals surface area (Å²) < 4.78 is 6.16. The number of rotatable bonds is 3. The molecular formula is C11H8BrNO2. The van der Waals surface area contributed by atoms with E-state index in [1.165, 1.54) is 6.26 Å². The van der Waals surface area contributed by atoms with E-state index in [4.69, 9.17) is 4.42 Å². The van der Waals surface area contributed by atoms with Gasteiger partial charge in [0.25, 0.3) is 0 Å². The molecule has 0 amide bonds. The molecule has 1 heterocycles. The zero-order chi connectivity index (χ0) is 10.7. The number of aromatic nitrogens is 1. The van der Waals surface area contributed by atoms with Crippen LogP contribution in [-0.4, -0.2) is 11.3 Å². The largest absolute Gasteiger partial charge is 0.448 e. The highest BCUT2D eigenvalue weighted by atomic mass is 79.9. The fourth-order valence-electron chi connectivity index (χ4n) is 1.27. The van der Waals surface area contributed by atoms with E-state index in [0.717, 1.165) is 10.0 Å². The van der Waals surface area contributed by atoms with E-state index in [9.17, 15) is 4.79 Å². The topological polar surface area (TPSA) is 43.1 Å². The fourth-order valence-corrected chi connectivity index (χ4v) is 1.69. The van der Waals surface area contributed by atoms with E-state index in [2.05, 4.69) is 20.9 Å². The second kappa shape index (κ2) is 4.40. The van der Waals surface area contributed by atoms with E-state index in [1.807, 2.05) is 24.3 Å². The summed E-state index contributed by atoms with van der Waals surface area (Å²) in [6.07, 6.45) is 2.61.